The number of para-hydroxylation sites is 2. The number of morpholine rings is 1. The highest BCUT2D eigenvalue weighted by Crippen LogP contribution is 2.31. The van der Waals surface area contributed by atoms with E-state index < -0.39 is 0 Å². The van der Waals surface area contributed by atoms with Crippen LogP contribution in [0.4, 0.5) is 5.69 Å². The third kappa shape index (κ3) is 4.76. The number of anilines is 1. The number of amides is 1. The van der Waals surface area contributed by atoms with Crippen molar-refractivity contribution in [2.24, 2.45) is 0 Å². The van der Waals surface area contributed by atoms with Crippen LogP contribution >= 0.6 is 11.8 Å². The lowest BCUT2D eigenvalue weighted by Gasteiger charge is -2.26. The van der Waals surface area contributed by atoms with E-state index in [-0.39, 0.29) is 16.7 Å². The van der Waals surface area contributed by atoms with Gasteiger partial charge in [-0.2, -0.15) is 0 Å². The minimum absolute atomic E-state index is 0.0405. The molecule has 2 aliphatic rings. The van der Waals surface area contributed by atoms with Crippen molar-refractivity contribution in [3.05, 3.63) is 64.4 Å². The van der Waals surface area contributed by atoms with E-state index in [0.29, 0.717) is 29.1 Å². The fourth-order valence-electron chi connectivity index (χ4n) is 4.71. The molecule has 34 heavy (non-hydrogen) atoms. The van der Waals surface area contributed by atoms with E-state index in [0.717, 1.165) is 51.4 Å². The van der Waals surface area contributed by atoms with Crippen molar-refractivity contribution in [1.29, 1.82) is 0 Å². The van der Waals surface area contributed by atoms with E-state index in [9.17, 15) is 9.59 Å². The van der Waals surface area contributed by atoms with Crippen molar-refractivity contribution in [3.63, 3.8) is 0 Å². The fraction of sp³-hybridized carbons (Fsp3) is 0.423. The van der Waals surface area contributed by atoms with Gasteiger partial charge in [-0.05, 0) is 43.5 Å². The lowest BCUT2D eigenvalue weighted by atomic mass is 10.2. The monoisotopic (exact) mass is 478 g/mol. The molecule has 1 atom stereocenters. The SMILES string of the molecule is C[C@@H](Sc1nc2ccccc2c(=O)n1CCCN1CCOCC1)C(=O)N1CCc2ccccc21. The van der Waals surface area contributed by atoms with Gasteiger partial charge < -0.3 is 9.64 Å². The van der Waals surface area contributed by atoms with Crippen molar-refractivity contribution >= 4 is 34.3 Å². The number of rotatable bonds is 7. The Morgan fingerprint density at radius 2 is 1.82 bits per heavy atom. The molecule has 178 valence electrons. The molecule has 0 aliphatic carbocycles. The first-order valence-electron chi connectivity index (χ1n) is 12.0. The van der Waals surface area contributed by atoms with Crippen molar-refractivity contribution in [1.82, 2.24) is 14.5 Å². The number of thioether (sulfide) groups is 1. The molecule has 0 spiro atoms. The normalized spacial score (nSPS) is 17.1. The first kappa shape index (κ1) is 23.1. The highest BCUT2D eigenvalue weighted by molar-refractivity contribution is 8.00. The van der Waals surface area contributed by atoms with E-state index in [4.69, 9.17) is 9.72 Å². The highest BCUT2D eigenvalue weighted by Gasteiger charge is 2.29. The van der Waals surface area contributed by atoms with Gasteiger partial charge in [0.25, 0.3) is 5.56 Å². The average molecular weight is 479 g/mol. The van der Waals surface area contributed by atoms with Crippen molar-refractivity contribution in [3.8, 4) is 0 Å². The van der Waals surface area contributed by atoms with Crippen LogP contribution in [-0.2, 0) is 22.5 Å². The summed E-state index contributed by atoms with van der Waals surface area (Å²) in [6.07, 6.45) is 1.72. The summed E-state index contributed by atoms with van der Waals surface area (Å²) in [6.45, 7) is 7.46. The van der Waals surface area contributed by atoms with E-state index >= 15 is 0 Å². The van der Waals surface area contributed by atoms with E-state index in [2.05, 4.69) is 11.0 Å². The summed E-state index contributed by atoms with van der Waals surface area (Å²) in [6, 6.07) is 15.5. The molecule has 0 saturated carbocycles. The summed E-state index contributed by atoms with van der Waals surface area (Å²) in [5.74, 6) is 0.0530. The molecule has 2 aromatic carbocycles. The zero-order valence-electron chi connectivity index (χ0n) is 19.5. The molecule has 2 aliphatic heterocycles. The first-order valence-corrected chi connectivity index (χ1v) is 12.9. The molecular weight excluding hydrogens is 448 g/mol. The van der Waals surface area contributed by atoms with Gasteiger partial charge in [-0.3, -0.25) is 19.1 Å². The molecule has 1 saturated heterocycles. The maximum absolute atomic E-state index is 13.4. The number of benzene rings is 2. The van der Waals surface area contributed by atoms with E-state index in [1.165, 1.54) is 17.3 Å². The fourth-order valence-corrected chi connectivity index (χ4v) is 5.70. The molecule has 1 amide bonds. The second-order valence-electron chi connectivity index (χ2n) is 8.80. The molecule has 3 aromatic rings. The molecule has 0 N–H and O–H groups in total. The van der Waals surface area contributed by atoms with Crippen LogP contribution in [0.3, 0.4) is 0 Å². The Morgan fingerprint density at radius 1 is 1.06 bits per heavy atom. The number of carbonyl (C=O) groups is 1. The minimum atomic E-state index is -0.357. The van der Waals surface area contributed by atoms with Crippen LogP contribution in [0.1, 0.15) is 18.9 Å². The van der Waals surface area contributed by atoms with Gasteiger partial charge in [0.1, 0.15) is 0 Å². The van der Waals surface area contributed by atoms with Gasteiger partial charge >= 0.3 is 0 Å². The number of fused-ring (bicyclic) bond motifs is 2. The second kappa shape index (κ2) is 10.3. The van der Waals surface area contributed by atoms with Crippen molar-refractivity contribution < 1.29 is 9.53 Å². The Bertz CT molecular complexity index is 1240. The third-order valence-electron chi connectivity index (χ3n) is 6.57. The Kier molecular flexibility index (Phi) is 6.99. The Hall–Kier alpha value is -2.68. The molecule has 1 fully saturated rings. The minimum Gasteiger partial charge on any atom is -0.379 e. The van der Waals surface area contributed by atoms with Crippen LogP contribution in [0, 0.1) is 0 Å². The largest absolute Gasteiger partial charge is 0.379 e. The van der Waals surface area contributed by atoms with E-state index in [1.54, 1.807) is 4.57 Å². The molecular formula is C26H30N4O3S. The van der Waals surface area contributed by atoms with Crippen LogP contribution < -0.4 is 10.5 Å². The number of aromatic nitrogens is 2. The van der Waals surface area contributed by atoms with Gasteiger partial charge in [-0.25, -0.2) is 4.98 Å². The van der Waals surface area contributed by atoms with Gasteiger partial charge in [0.2, 0.25) is 5.91 Å². The van der Waals surface area contributed by atoms with E-state index in [1.807, 2.05) is 54.3 Å². The zero-order valence-corrected chi connectivity index (χ0v) is 20.3. The predicted octanol–water partition coefficient (Wildman–Crippen LogP) is 3.19. The number of carbonyl (C=O) groups excluding carboxylic acids is 1. The zero-order chi connectivity index (χ0) is 23.5. The topological polar surface area (TPSA) is 67.7 Å². The summed E-state index contributed by atoms with van der Waals surface area (Å²) in [5, 5.41) is 0.870. The predicted molar refractivity (Wildman–Crippen MR) is 136 cm³/mol. The Morgan fingerprint density at radius 3 is 2.68 bits per heavy atom. The summed E-state index contributed by atoms with van der Waals surface area (Å²) in [4.78, 5) is 35.8. The van der Waals surface area contributed by atoms with Crippen LogP contribution in [0.2, 0.25) is 0 Å². The van der Waals surface area contributed by atoms with Crippen molar-refractivity contribution in [2.45, 2.75) is 36.7 Å². The highest BCUT2D eigenvalue weighted by atomic mass is 32.2. The lowest BCUT2D eigenvalue weighted by molar-refractivity contribution is -0.117. The molecule has 0 bridgehead atoms. The number of ether oxygens (including phenoxy) is 1. The quantitative estimate of drug-likeness (QED) is 0.384. The Balaban J connectivity index is 1.37. The van der Waals surface area contributed by atoms with Crippen LogP contribution in [0.5, 0.6) is 0 Å². The molecule has 5 rings (SSSR count). The number of hydrogen-bond acceptors (Lipinski definition) is 6. The van der Waals surface area contributed by atoms with Crippen LogP contribution in [0.15, 0.2) is 58.5 Å². The van der Waals surface area contributed by atoms with Gasteiger partial charge in [0, 0.05) is 38.4 Å². The molecule has 0 unspecified atom stereocenters. The van der Waals surface area contributed by atoms with Gasteiger partial charge in [0.05, 0.1) is 29.4 Å². The van der Waals surface area contributed by atoms with Crippen LogP contribution in [0.25, 0.3) is 10.9 Å². The van der Waals surface area contributed by atoms with Gasteiger partial charge in [-0.15, -0.1) is 0 Å². The smallest absolute Gasteiger partial charge is 0.262 e. The first-order chi connectivity index (χ1) is 16.6. The molecule has 7 nitrogen and oxygen atoms in total. The van der Waals surface area contributed by atoms with Gasteiger partial charge in [0.15, 0.2) is 5.16 Å². The summed E-state index contributed by atoms with van der Waals surface area (Å²) in [5.41, 5.74) is 2.83. The third-order valence-corrected chi connectivity index (χ3v) is 7.65. The number of hydrogen-bond donors (Lipinski definition) is 0. The molecule has 1 aromatic heterocycles. The summed E-state index contributed by atoms with van der Waals surface area (Å²) >= 11 is 1.38. The maximum atomic E-state index is 13.4. The standard InChI is InChI=1S/C26H30N4O3S/c1-19(24(31)29-14-11-20-7-2-5-10-23(20)29)34-26-27-22-9-4-3-8-21(22)25(32)30(26)13-6-12-28-15-17-33-18-16-28/h2-5,7-10,19H,6,11-18H2,1H3/t19-/m1/s1. The Labute approximate surface area is 203 Å². The number of nitrogens with zero attached hydrogens (tertiary/aromatic N) is 4. The lowest BCUT2D eigenvalue weighted by Crippen LogP contribution is -2.37. The molecule has 8 heteroatoms. The van der Waals surface area contributed by atoms with Gasteiger partial charge in [-0.1, -0.05) is 42.1 Å². The maximum Gasteiger partial charge on any atom is 0.262 e. The van der Waals surface area contributed by atoms with Crippen LogP contribution in [-0.4, -0.2) is 65.0 Å². The summed E-state index contributed by atoms with van der Waals surface area (Å²) < 4.78 is 7.19. The van der Waals surface area contributed by atoms with Crippen molar-refractivity contribution in [2.75, 3.05) is 44.3 Å². The average Bonchev–Trinajstić information content (AvgIpc) is 3.30. The molecule has 0 radical (unpaired) electrons. The second-order valence-corrected chi connectivity index (χ2v) is 10.1. The summed E-state index contributed by atoms with van der Waals surface area (Å²) in [7, 11) is 0. The molecule has 3 heterocycles.